The van der Waals surface area contributed by atoms with E-state index in [-0.39, 0.29) is 0 Å². The molecule has 0 aromatic heterocycles. The van der Waals surface area contributed by atoms with E-state index in [1.165, 1.54) is 0 Å². The Hall–Kier alpha value is 1.52. The summed E-state index contributed by atoms with van der Waals surface area (Å²) >= 11 is 0. The predicted molar refractivity (Wildman–Crippen MR) is 134 cm³/mol. The van der Waals surface area contributed by atoms with Crippen LogP contribution < -0.4 is 0 Å². The van der Waals surface area contributed by atoms with Crippen LogP contribution in [-0.4, -0.2) is 50.7 Å². The van der Waals surface area contributed by atoms with Gasteiger partial charge in [-0.25, -0.2) is 0 Å². The zero-order chi connectivity index (χ0) is 19.5. The van der Waals surface area contributed by atoms with E-state index < -0.39 is 50.7 Å². The summed E-state index contributed by atoms with van der Waals surface area (Å²) < 4.78 is 0. The smallest absolute Gasteiger partial charge is 0.0331 e. The quantitative estimate of drug-likeness (QED) is 0.407. The normalized spacial score (nSPS) is 16.7. The molecule has 0 fully saturated rings. The lowest BCUT2D eigenvalue weighted by Gasteiger charge is -2.67. The largest absolute Gasteiger partial charge is 0.0749 e. The monoisotopic (exact) mass is 436 g/mol. The van der Waals surface area contributed by atoms with Crippen molar-refractivity contribution in [1.29, 1.82) is 0 Å². The Morgan fingerprint density at radius 2 is 0.391 bits per heavy atom. The molecular formula is C16H48Si7. The van der Waals surface area contributed by atoms with Gasteiger partial charge in [-0.1, -0.05) is 105 Å². The molecule has 0 aliphatic rings. The second-order valence-corrected chi connectivity index (χ2v) is 92.6. The SMILES string of the molecule is C[Si](C)(C)[Si](C)([Si](C)(C)C)[Si](C)(C)[Si](C)([Si](C)(C)C)[Si](C)(C)C. The van der Waals surface area contributed by atoms with Gasteiger partial charge in [-0.3, -0.25) is 0 Å². The van der Waals surface area contributed by atoms with Crippen LogP contribution in [0.15, 0.2) is 0 Å². The molecule has 0 rings (SSSR count). The first-order valence-corrected chi connectivity index (χ1v) is 37.5. The van der Waals surface area contributed by atoms with Gasteiger partial charge in [0.2, 0.25) is 0 Å². The molecule has 0 saturated carbocycles. The summed E-state index contributed by atoms with van der Waals surface area (Å²) in [5.41, 5.74) is 0. The number of hydrogen-bond donors (Lipinski definition) is 0. The molecule has 140 valence electrons. The molecular weight excluding hydrogens is 389 g/mol. The van der Waals surface area contributed by atoms with Gasteiger partial charge in [0.25, 0.3) is 0 Å². The van der Waals surface area contributed by atoms with Gasteiger partial charge in [0.1, 0.15) is 0 Å². The summed E-state index contributed by atoms with van der Waals surface area (Å²) in [5, 5.41) is 0. The fraction of sp³-hybridized carbons (Fsp3) is 1.00. The molecule has 0 aliphatic carbocycles. The topological polar surface area (TPSA) is 0 Å². The predicted octanol–water partition coefficient (Wildman–Crippen LogP) is 6.68. The summed E-state index contributed by atoms with van der Waals surface area (Å²) in [5.74, 6) is 0. The maximum Gasteiger partial charge on any atom is 0.0331 e. The van der Waals surface area contributed by atoms with Gasteiger partial charge < -0.3 is 0 Å². The Bertz CT molecular complexity index is 359. The zero-order valence-corrected chi connectivity index (χ0v) is 26.5. The molecule has 0 saturated heterocycles. The van der Waals surface area contributed by atoms with Gasteiger partial charge >= 0.3 is 0 Å². The summed E-state index contributed by atoms with van der Waals surface area (Å²) in [7, 11) is -5.66. The minimum atomic E-state index is -1.23. The second kappa shape index (κ2) is 6.30. The van der Waals surface area contributed by atoms with E-state index in [1.54, 1.807) is 0 Å². The molecule has 0 nitrogen and oxygen atoms in total. The van der Waals surface area contributed by atoms with Crippen LogP contribution in [0.3, 0.4) is 0 Å². The van der Waals surface area contributed by atoms with Gasteiger partial charge in [0.05, 0.1) is 0 Å². The van der Waals surface area contributed by atoms with E-state index in [1.807, 2.05) is 0 Å². The number of hydrogen-bond acceptors (Lipinski definition) is 0. The van der Waals surface area contributed by atoms with Crippen molar-refractivity contribution in [2.45, 2.75) is 105 Å². The van der Waals surface area contributed by atoms with Crippen LogP contribution in [-0.2, 0) is 0 Å². The minimum Gasteiger partial charge on any atom is -0.0749 e. The lowest BCUT2D eigenvalue weighted by molar-refractivity contribution is 1.72. The van der Waals surface area contributed by atoms with Crippen LogP contribution in [0.4, 0.5) is 0 Å². The van der Waals surface area contributed by atoms with Crippen molar-refractivity contribution in [3.05, 3.63) is 0 Å². The first-order valence-electron chi connectivity index (χ1n) is 9.50. The molecule has 0 amide bonds. The minimum absolute atomic E-state index is 1.11. The van der Waals surface area contributed by atoms with Crippen molar-refractivity contribution in [1.82, 2.24) is 0 Å². The van der Waals surface area contributed by atoms with Gasteiger partial charge in [-0.2, -0.15) is 0 Å². The molecule has 7 heteroatoms. The van der Waals surface area contributed by atoms with E-state index in [2.05, 4.69) is 105 Å². The lowest BCUT2D eigenvalue weighted by Crippen LogP contribution is -2.95. The van der Waals surface area contributed by atoms with E-state index in [4.69, 9.17) is 0 Å². The molecule has 0 bridgehead atoms. The standard InChI is InChI=1S/C16H48Si7/c1-17(2,3)22(15,18(4,5)6)21(13,14)23(16,19(7,8)9)20(10,11)12/h1-16H3. The van der Waals surface area contributed by atoms with Gasteiger partial charge in [0.15, 0.2) is 0 Å². The van der Waals surface area contributed by atoms with Crippen molar-refractivity contribution < 1.29 is 0 Å². The Labute approximate surface area is 155 Å². The zero-order valence-electron chi connectivity index (χ0n) is 19.5. The van der Waals surface area contributed by atoms with Crippen molar-refractivity contribution in [2.24, 2.45) is 0 Å². The van der Waals surface area contributed by atoms with Gasteiger partial charge in [-0.05, 0) is 0 Å². The highest BCUT2D eigenvalue weighted by Crippen LogP contribution is 2.46. The first kappa shape index (κ1) is 24.5. The van der Waals surface area contributed by atoms with E-state index in [9.17, 15) is 0 Å². The average Bonchev–Trinajstić information content (AvgIpc) is 2.19. The molecule has 0 heterocycles. The number of rotatable bonds is 6. The molecule has 0 spiro atoms. The van der Waals surface area contributed by atoms with Crippen molar-refractivity contribution in [2.75, 3.05) is 0 Å². The van der Waals surface area contributed by atoms with Gasteiger partial charge in [-0.15, -0.1) is 0 Å². The summed E-state index contributed by atoms with van der Waals surface area (Å²) in [6.45, 7) is 42.5. The van der Waals surface area contributed by atoms with Crippen LogP contribution >= 0.6 is 0 Å². The van der Waals surface area contributed by atoms with Crippen LogP contribution in [0.25, 0.3) is 0 Å². The third-order valence-electron chi connectivity index (χ3n) is 8.50. The average molecular weight is 437 g/mol. The van der Waals surface area contributed by atoms with Crippen molar-refractivity contribution in [3.63, 3.8) is 0 Å². The van der Waals surface area contributed by atoms with Crippen molar-refractivity contribution in [3.8, 4) is 0 Å². The van der Waals surface area contributed by atoms with Crippen LogP contribution in [0, 0.1) is 0 Å². The van der Waals surface area contributed by atoms with Crippen LogP contribution in [0.5, 0.6) is 0 Å². The van der Waals surface area contributed by atoms with E-state index >= 15 is 0 Å². The summed E-state index contributed by atoms with van der Waals surface area (Å²) in [6, 6.07) is 0. The summed E-state index contributed by atoms with van der Waals surface area (Å²) in [4.78, 5) is 0. The maximum atomic E-state index is 2.95. The molecule has 0 unspecified atom stereocenters. The Kier molecular flexibility index (Phi) is 6.71. The Morgan fingerprint density at radius 1 is 0.261 bits per heavy atom. The fourth-order valence-corrected chi connectivity index (χ4v) is 256. The summed E-state index contributed by atoms with van der Waals surface area (Å²) in [6.07, 6.45) is 0. The highest BCUT2D eigenvalue weighted by Gasteiger charge is 2.71. The molecule has 0 aromatic rings. The Balaban J connectivity index is 6.94. The Morgan fingerprint density at radius 3 is 0.478 bits per heavy atom. The third-order valence-corrected chi connectivity index (χ3v) is 171. The second-order valence-electron chi connectivity index (χ2n) is 12.9. The molecule has 0 aromatic carbocycles. The fourth-order valence-electron chi connectivity index (χ4n) is 6.50. The van der Waals surface area contributed by atoms with Crippen LogP contribution in [0.1, 0.15) is 0 Å². The molecule has 0 N–H and O–H groups in total. The lowest BCUT2D eigenvalue weighted by atomic mass is 11.8. The van der Waals surface area contributed by atoms with Crippen LogP contribution in [0.2, 0.25) is 105 Å². The molecule has 23 heavy (non-hydrogen) atoms. The van der Waals surface area contributed by atoms with Crippen molar-refractivity contribution >= 4 is 50.7 Å². The maximum absolute atomic E-state index is 2.95. The third kappa shape index (κ3) is 3.53. The van der Waals surface area contributed by atoms with E-state index in [0.717, 1.165) is 0 Å². The first-order chi connectivity index (χ1) is 9.50. The molecule has 0 atom stereocenters. The molecule has 0 aliphatic heterocycles. The highest BCUT2D eigenvalue weighted by molar-refractivity contribution is 8.09. The molecule has 0 radical (unpaired) electrons. The van der Waals surface area contributed by atoms with E-state index in [0.29, 0.717) is 0 Å². The highest BCUT2D eigenvalue weighted by atomic mass is 30.2. The van der Waals surface area contributed by atoms with Gasteiger partial charge in [0, 0.05) is 50.7 Å².